The summed E-state index contributed by atoms with van der Waals surface area (Å²) in [5.41, 5.74) is 0. The molecule has 6 unspecified atom stereocenters. The number of carbonyl (C=O) groups is 1. The van der Waals surface area contributed by atoms with E-state index in [1.807, 2.05) is 0 Å². The molecule has 1 aliphatic rings. The van der Waals surface area contributed by atoms with Crippen molar-refractivity contribution in [1.82, 2.24) is 0 Å². The summed E-state index contributed by atoms with van der Waals surface area (Å²) in [7, 11) is 0. The van der Waals surface area contributed by atoms with Crippen molar-refractivity contribution >= 4 is 5.97 Å². The molecule has 0 aromatic carbocycles. The minimum atomic E-state index is -1.54. The highest BCUT2D eigenvalue weighted by Gasteiger charge is 2.44. The average Bonchev–Trinajstić information content (AvgIpc) is 3.26. The summed E-state index contributed by atoms with van der Waals surface area (Å²) in [6.07, 6.45) is 46.0. The lowest BCUT2D eigenvalue weighted by molar-refractivity contribution is -0.305. The van der Waals surface area contributed by atoms with Gasteiger partial charge >= 0.3 is 5.97 Å². The minimum absolute atomic E-state index is 0.115. The van der Waals surface area contributed by atoms with E-state index in [4.69, 9.17) is 18.9 Å². The summed E-state index contributed by atoms with van der Waals surface area (Å²) in [6, 6.07) is 0. The summed E-state index contributed by atoms with van der Waals surface area (Å²) in [5, 5.41) is 40.2. The number of esters is 1. The maximum absolute atomic E-state index is 12.8. The highest BCUT2D eigenvalue weighted by molar-refractivity contribution is 5.69. The second-order valence-electron chi connectivity index (χ2n) is 17.6. The smallest absolute Gasteiger partial charge is 0.306 e. The third-order valence-electron chi connectivity index (χ3n) is 11.8. The largest absolute Gasteiger partial charge is 0.457 e. The van der Waals surface area contributed by atoms with Crippen LogP contribution in [-0.4, -0.2) is 89.6 Å². The van der Waals surface area contributed by atoms with E-state index >= 15 is 0 Å². The quantitative estimate of drug-likeness (QED) is 0.0268. The van der Waals surface area contributed by atoms with Crippen molar-refractivity contribution in [3.63, 3.8) is 0 Å². The number of hydrogen-bond acceptors (Lipinski definition) is 9. The predicted octanol–water partition coefficient (Wildman–Crippen LogP) is 12.3. The number of hydrogen-bond donors (Lipinski definition) is 4. The second kappa shape index (κ2) is 43.7. The summed E-state index contributed by atoms with van der Waals surface area (Å²) in [4.78, 5) is 12.8. The lowest BCUT2D eigenvalue weighted by Gasteiger charge is -2.39. The molecule has 9 nitrogen and oxygen atoms in total. The molecule has 9 heteroatoms. The fourth-order valence-corrected chi connectivity index (χ4v) is 7.75. The molecule has 0 aliphatic carbocycles. The van der Waals surface area contributed by atoms with Gasteiger partial charge in [-0.25, -0.2) is 0 Å². The molecule has 4 N–H and O–H groups in total. The molecule has 0 amide bonds. The lowest BCUT2D eigenvalue weighted by atomic mass is 9.99. The van der Waals surface area contributed by atoms with Crippen molar-refractivity contribution in [2.24, 2.45) is 0 Å². The molecule has 0 aromatic heterocycles. The van der Waals surface area contributed by atoms with Crippen molar-refractivity contribution in [3.8, 4) is 0 Å². The van der Waals surface area contributed by atoms with Gasteiger partial charge in [0.2, 0.25) is 0 Å². The molecule has 6 atom stereocenters. The van der Waals surface area contributed by atoms with Crippen LogP contribution in [-0.2, 0) is 23.7 Å². The summed E-state index contributed by atoms with van der Waals surface area (Å²) in [6.45, 7) is 4.55. The van der Waals surface area contributed by atoms with Crippen LogP contribution in [0.2, 0.25) is 0 Å². The van der Waals surface area contributed by atoms with Crippen molar-refractivity contribution in [2.45, 2.75) is 263 Å². The number of allylic oxidation sites excluding steroid dienone is 6. The number of unbranched alkanes of at least 4 members (excludes halogenated alkanes) is 27. The maximum atomic E-state index is 12.8. The second-order valence-corrected chi connectivity index (χ2v) is 17.6. The molecule has 61 heavy (non-hydrogen) atoms. The molecule has 1 fully saturated rings. The Kier molecular flexibility index (Phi) is 41.1. The van der Waals surface area contributed by atoms with E-state index in [1.54, 1.807) is 0 Å². The van der Waals surface area contributed by atoms with Crippen molar-refractivity contribution in [2.75, 3.05) is 26.4 Å². The van der Waals surface area contributed by atoms with Gasteiger partial charge in [-0.15, -0.1) is 0 Å². The van der Waals surface area contributed by atoms with E-state index in [-0.39, 0.29) is 19.2 Å². The van der Waals surface area contributed by atoms with Gasteiger partial charge < -0.3 is 39.4 Å². The number of carbonyl (C=O) groups excluding carboxylic acids is 1. The summed E-state index contributed by atoms with van der Waals surface area (Å²) >= 11 is 0. The molecule has 0 radical (unpaired) electrons. The first-order chi connectivity index (χ1) is 29.9. The van der Waals surface area contributed by atoms with Gasteiger partial charge in [-0.1, -0.05) is 185 Å². The molecule has 1 rings (SSSR count). The van der Waals surface area contributed by atoms with Gasteiger partial charge in [-0.05, 0) is 70.6 Å². The van der Waals surface area contributed by atoms with Gasteiger partial charge in [0.1, 0.15) is 30.5 Å². The zero-order valence-electron chi connectivity index (χ0n) is 39.4. The molecule has 0 spiro atoms. The zero-order valence-corrected chi connectivity index (χ0v) is 39.4. The zero-order chi connectivity index (χ0) is 44.3. The van der Waals surface area contributed by atoms with Crippen LogP contribution in [0.25, 0.3) is 0 Å². The highest BCUT2D eigenvalue weighted by atomic mass is 16.7. The van der Waals surface area contributed by atoms with Crippen LogP contribution < -0.4 is 0 Å². The third kappa shape index (κ3) is 34.5. The molecule has 358 valence electrons. The molecular weight excluding hydrogens is 769 g/mol. The standard InChI is InChI=1S/C52H96O9/c1-3-5-7-9-11-13-15-17-19-20-21-22-23-24-25-26-27-29-31-33-35-37-39-41-48(54)60-46(45-59-52-51(57)50(56)49(55)47(43-53)61-52)44-58-42-40-38-36-34-32-30-28-18-16-14-12-10-8-6-4-2/h15-18,20-21,46-47,49-53,55-57H,3-14,19,22-45H2,1-2H3/b17-15-,18-16-,21-20-. The van der Waals surface area contributed by atoms with Crippen molar-refractivity contribution < 1.29 is 44.2 Å². The van der Waals surface area contributed by atoms with Gasteiger partial charge in [0, 0.05) is 13.0 Å². The Morgan fingerprint density at radius 2 is 0.951 bits per heavy atom. The average molecular weight is 865 g/mol. The van der Waals surface area contributed by atoms with E-state index in [0.717, 1.165) is 38.5 Å². The molecular formula is C52H96O9. The molecule has 1 aliphatic heterocycles. The Balaban J connectivity index is 2.19. The summed E-state index contributed by atoms with van der Waals surface area (Å²) < 4.78 is 22.9. The molecule has 1 heterocycles. The van der Waals surface area contributed by atoms with Gasteiger partial charge in [0.05, 0.1) is 19.8 Å². The van der Waals surface area contributed by atoms with E-state index in [2.05, 4.69) is 50.3 Å². The number of rotatable bonds is 44. The number of ether oxygens (including phenoxy) is 4. The normalized spacial score (nSPS) is 20.1. The van der Waals surface area contributed by atoms with Crippen LogP contribution in [0.15, 0.2) is 36.5 Å². The van der Waals surface area contributed by atoms with Gasteiger partial charge in [-0.2, -0.15) is 0 Å². The Hall–Kier alpha value is -1.59. The number of aliphatic hydroxyl groups is 4. The fraction of sp³-hybridized carbons (Fsp3) is 0.865. The maximum Gasteiger partial charge on any atom is 0.306 e. The SMILES string of the molecule is CCCCCCC/C=C\C/C=C\CCCCCCCCCCCCCC(=O)OC(COCCCCCCCC/C=C\CCCCCCC)COC1OC(CO)C(O)C(O)C1O. The van der Waals surface area contributed by atoms with Crippen molar-refractivity contribution in [3.05, 3.63) is 36.5 Å². The van der Waals surface area contributed by atoms with Gasteiger partial charge in [0.15, 0.2) is 6.29 Å². The van der Waals surface area contributed by atoms with Gasteiger partial charge in [-0.3, -0.25) is 4.79 Å². The van der Waals surface area contributed by atoms with Crippen LogP contribution in [0.5, 0.6) is 0 Å². The lowest BCUT2D eigenvalue weighted by Crippen LogP contribution is -2.59. The molecule has 0 saturated carbocycles. The van der Waals surface area contributed by atoms with Crippen LogP contribution in [0, 0.1) is 0 Å². The molecule has 0 bridgehead atoms. The monoisotopic (exact) mass is 865 g/mol. The summed E-state index contributed by atoms with van der Waals surface area (Å²) in [5.74, 6) is -0.316. The van der Waals surface area contributed by atoms with E-state index in [1.165, 1.54) is 167 Å². The minimum Gasteiger partial charge on any atom is -0.457 e. The topological polar surface area (TPSA) is 135 Å². The first-order valence-electron chi connectivity index (χ1n) is 25.6. The van der Waals surface area contributed by atoms with Gasteiger partial charge in [0.25, 0.3) is 0 Å². The van der Waals surface area contributed by atoms with E-state index in [0.29, 0.717) is 13.0 Å². The van der Waals surface area contributed by atoms with Crippen LogP contribution >= 0.6 is 0 Å². The van der Waals surface area contributed by atoms with Crippen LogP contribution in [0.3, 0.4) is 0 Å². The first kappa shape index (κ1) is 57.4. The molecule has 1 saturated heterocycles. The Bertz CT molecular complexity index is 1030. The first-order valence-corrected chi connectivity index (χ1v) is 25.6. The Labute approximate surface area is 374 Å². The Morgan fingerprint density at radius 1 is 0.525 bits per heavy atom. The van der Waals surface area contributed by atoms with Crippen LogP contribution in [0.1, 0.15) is 226 Å². The van der Waals surface area contributed by atoms with Crippen LogP contribution in [0.4, 0.5) is 0 Å². The highest BCUT2D eigenvalue weighted by Crippen LogP contribution is 2.23. The van der Waals surface area contributed by atoms with Crippen molar-refractivity contribution in [1.29, 1.82) is 0 Å². The third-order valence-corrected chi connectivity index (χ3v) is 11.8. The molecule has 0 aromatic rings. The van der Waals surface area contributed by atoms with E-state index < -0.39 is 43.4 Å². The fourth-order valence-electron chi connectivity index (χ4n) is 7.75. The Morgan fingerprint density at radius 3 is 1.43 bits per heavy atom. The van der Waals surface area contributed by atoms with E-state index in [9.17, 15) is 25.2 Å². The number of aliphatic hydroxyl groups excluding tert-OH is 4. The predicted molar refractivity (Wildman–Crippen MR) is 252 cm³/mol.